The van der Waals surface area contributed by atoms with Crippen molar-refractivity contribution in [2.75, 3.05) is 18.0 Å². The van der Waals surface area contributed by atoms with Crippen molar-refractivity contribution in [2.45, 2.75) is 52.7 Å². The van der Waals surface area contributed by atoms with Crippen LogP contribution in [0.4, 0.5) is 5.82 Å². The van der Waals surface area contributed by atoms with Crippen LogP contribution in [0, 0.1) is 18.3 Å². The summed E-state index contributed by atoms with van der Waals surface area (Å²) < 4.78 is 9.48. The zero-order chi connectivity index (χ0) is 23.9. The molecule has 10 nitrogen and oxygen atoms in total. The lowest BCUT2D eigenvalue weighted by Crippen LogP contribution is -2.44. The number of hydrogen-bond acceptors (Lipinski definition) is 7. The van der Waals surface area contributed by atoms with E-state index in [9.17, 15) is 14.9 Å². The van der Waals surface area contributed by atoms with E-state index in [0.29, 0.717) is 47.0 Å². The van der Waals surface area contributed by atoms with Crippen molar-refractivity contribution in [3.63, 3.8) is 0 Å². The van der Waals surface area contributed by atoms with Crippen LogP contribution in [-0.2, 0) is 20.1 Å². The quantitative estimate of drug-likeness (QED) is 0.584. The van der Waals surface area contributed by atoms with Crippen molar-refractivity contribution < 1.29 is 4.52 Å². The van der Waals surface area contributed by atoms with Crippen LogP contribution in [-0.4, -0.2) is 38.0 Å². The second-order valence-corrected chi connectivity index (χ2v) is 8.91. The summed E-state index contributed by atoms with van der Waals surface area (Å²) in [6.45, 7) is 7.41. The molecule has 3 aromatic heterocycles. The fourth-order valence-corrected chi connectivity index (χ4v) is 4.51. The van der Waals surface area contributed by atoms with Gasteiger partial charge in [-0.1, -0.05) is 16.8 Å². The molecule has 3 aromatic rings. The molecule has 174 valence electrons. The van der Waals surface area contributed by atoms with E-state index in [-0.39, 0.29) is 12.6 Å². The third kappa shape index (κ3) is 4.00. The molecule has 10 heteroatoms. The molecular formula is C23H29N7O3. The number of aryl methyl sites for hydroxylation is 2. The molecule has 0 aliphatic carbocycles. The summed E-state index contributed by atoms with van der Waals surface area (Å²) in [4.78, 5) is 29.0. The Labute approximate surface area is 191 Å². The van der Waals surface area contributed by atoms with Crippen LogP contribution >= 0.6 is 0 Å². The Hall–Kier alpha value is -3.58. The number of nitrogens with zero attached hydrogens (tertiary/aromatic N) is 6. The highest BCUT2D eigenvalue weighted by Crippen LogP contribution is 2.32. The van der Waals surface area contributed by atoms with Gasteiger partial charge in [-0.25, -0.2) is 4.79 Å². The van der Waals surface area contributed by atoms with Crippen LogP contribution in [0.3, 0.4) is 0 Å². The molecule has 0 bridgehead atoms. The molecule has 4 heterocycles. The average molecular weight is 452 g/mol. The van der Waals surface area contributed by atoms with Gasteiger partial charge in [-0.3, -0.25) is 13.9 Å². The third-order valence-corrected chi connectivity index (χ3v) is 6.06. The molecule has 1 aliphatic heterocycles. The molecule has 0 spiro atoms. The third-order valence-electron chi connectivity index (χ3n) is 6.06. The molecule has 1 aliphatic rings. The molecule has 4 rings (SSSR count). The van der Waals surface area contributed by atoms with Gasteiger partial charge in [-0.2, -0.15) is 5.26 Å². The van der Waals surface area contributed by atoms with Gasteiger partial charge < -0.3 is 19.7 Å². The first kappa shape index (κ1) is 22.6. The number of hydrogen-bond donors (Lipinski definition) is 1. The molecule has 0 saturated carbocycles. The maximum absolute atomic E-state index is 13.7. The smallest absolute Gasteiger partial charge is 0.331 e. The highest BCUT2D eigenvalue weighted by atomic mass is 16.5. The van der Waals surface area contributed by atoms with E-state index in [0.717, 1.165) is 29.5 Å². The second kappa shape index (κ2) is 8.75. The molecular weight excluding hydrogens is 422 g/mol. The second-order valence-electron chi connectivity index (χ2n) is 8.91. The average Bonchev–Trinajstić information content (AvgIpc) is 3.34. The van der Waals surface area contributed by atoms with Crippen molar-refractivity contribution in [1.29, 1.82) is 5.26 Å². The predicted molar refractivity (Wildman–Crippen MR) is 125 cm³/mol. The van der Waals surface area contributed by atoms with Crippen molar-refractivity contribution in [1.82, 2.24) is 18.9 Å². The number of piperidine rings is 1. The standard InChI is InChI=1S/C23H29N7O3/c1-14(2)7-9-29-20-19(18(11-24)21(29)28-8-5-6-16(25)12-28)27(4)23(32)30(22(20)31)13-17-10-15(3)33-26-17/h7,10,16H,5-6,8-9,12-13,25H2,1-4H3. The Morgan fingerprint density at radius 3 is 2.70 bits per heavy atom. The van der Waals surface area contributed by atoms with Crippen LogP contribution in [0.2, 0.25) is 0 Å². The highest BCUT2D eigenvalue weighted by molar-refractivity contribution is 5.90. The van der Waals surface area contributed by atoms with Crippen molar-refractivity contribution >= 4 is 16.9 Å². The summed E-state index contributed by atoms with van der Waals surface area (Å²) in [6, 6.07) is 3.94. The first-order valence-electron chi connectivity index (χ1n) is 11.0. The van der Waals surface area contributed by atoms with Gasteiger partial charge in [0.15, 0.2) is 0 Å². The molecule has 0 radical (unpaired) electrons. The predicted octanol–water partition coefficient (Wildman–Crippen LogP) is 1.61. The van der Waals surface area contributed by atoms with Gasteiger partial charge in [0.25, 0.3) is 5.56 Å². The zero-order valence-corrected chi connectivity index (χ0v) is 19.5. The fraction of sp³-hybridized carbons (Fsp3) is 0.478. The number of allylic oxidation sites excluding steroid dienone is 2. The summed E-state index contributed by atoms with van der Waals surface area (Å²) in [6.07, 6.45) is 3.81. The van der Waals surface area contributed by atoms with Crippen LogP contribution in [0.5, 0.6) is 0 Å². The van der Waals surface area contributed by atoms with Crippen molar-refractivity contribution in [3.8, 4) is 6.07 Å². The van der Waals surface area contributed by atoms with E-state index in [2.05, 4.69) is 16.1 Å². The maximum Gasteiger partial charge on any atom is 0.331 e. The van der Waals surface area contributed by atoms with Crippen molar-refractivity contribution in [3.05, 3.63) is 55.6 Å². The lowest BCUT2D eigenvalue weighted by molar-refractivity contribution is 0.388. The SMILES string of the molecule is CC(C)=CCn1c(N2CCCC(N)C2)c(C#N)c2c1c(=O)n(Cc1cc(C)on1)c(=O)n2C. The number of nitrogens with two attached hydrogens (primary N) is 1. The Morgan fingerprint density at radius 2 is 2.09 bits per heavy atom. The van der Waals surface area contributed by atoms with E-state index >= 15 is 0 Å². The van der Waals surface area contributed by atoms with E-state index in [1.54, 1.807) is 20.0 Å². The van der Waals surface area contributed by atoms with E-state index in [1.807, 2.05) is 24.5 Å². The monoisotopic (exact) mass is 451 g/mol. The number of nitriles is 1. The van der Waals surface area contributed by atoms with E-state index < -0.39 is 11.2 Å². The molecule has 0 amide bonds. The Morgan fingerprint density at radius 1 is 1.33 bits per heavy atom. The molecule has 1 unspecified atom stereocenters. The van der Waals surface area contributed by atoms with Crippen LogP contribution in [0.15, 0.2) is 31.8 Å². The largest absolute Gasteiger partial charge is 0.361 e. The Bertz CT molecular complexity index is 1390. The lowest BCUT2D eigenvalue weighted by atomic mass is 10.1. The first-order chi connectivity index (χ1) is 15.7. The van der Waals surface area contributed by atoms with E-state index in [1.165, 1.54) is 4.57 Å². The number of fused-ring (bicyclic) bond motifs is 1. The van der Waals surface area contributed by atoms with Crippen LogP contribution in [0.25, 0.3) is 11.0 Å². The number of anilines is 1. The Kier molecular flexibility index (Phi) is 5.99. The van der Waals surface area contributed by atoms with Gasteiger partial charge in [0.05, 0.1) is 12.1 Å². The maximum atomic E-state index is 13.7. The molecule has 2 N–H and O–H groups in total. The van der Waals surface area contributed by atoms with Crippen LogP contribution < -0.4 is 21.9 Å². The number of rotatable bonds is 5. The normalized spacial score (nSPS) is 16.2. The topological polar surface area (TPSA) is 128 Å². The number of aromatic nitrogens is 4. The zero-order valence-electron chi connectivity index (χ0n) is 19.5. The van der Waals surface area contributed by atoms with Gasteiger partial charge in [0, 0.05) is 38.8 Å². The van der Waals surface area contributed by atoms with Crippen LogP contribution in [0.1, 0.15) is 43.7 Å². The van der Waals surface area contributed by atoms with E-state index in [4.69, 9.17) is 10.3 Å². The molecule has 0 aromatic carbocycles. The molecule has 1 atom stereocenters. The minimum absolute atomic E-state index is 0.0155. The van der Waals surface area contributed by atoms with Gasteiger partial charge >= 0.3 is 5.69 Å². The first-order valence-corrected chi connectivity index (χ1v) is 11.0. The highest BCUT2D eigenvalue weighted by Gasteiger charge is 2.29. The molecule has 1 saturated heterocycles. The minimum atomic E-state index is -0.508. The minimum Gasteiger partial charge on any atom is -0.361 e. The van der Waals surface area contributed by atoms with Gasteiger partial charge in [-0.05, 0) is 33.6 Å². The summed E-state index contributed by atoms with van der Waals surface area (Å²) in [7, 11) is 1.59. The van der Waals surface area contributed by atoms with Gasteiger partial charge in [0.2, 0.25) is 0 Å². The summed E-state index contributed by atoms with van der Waals surface area (Å²) >= 11 is 0. The summed E-state index contributed by atoms with van der Waals surface area (Å²) in [5.74, 6) is 1.24. The fourth-order valence-electron chi connectivity index (χ4n) is 4.51. The van der Waals surface area contributed by atoms with Gasteiger partial charge in [-0.15, -0.1) is 0 Å². The summed E-state index contributed by atoms with van der Waals surface area (Å²) in [5.41, 5.74) is 7.82. The Balaban J connectivity index is 2.04. The van der Waals surface area contributed by atoms with Gasteiger partial charge in [0.1, 0.15) is 34.4 Å². The lowest BCUT2D eigenvalue weighted by Gasteiger charge is -2.33. The molecule has 33 heavy (non-hydrogen) atoms. The van der Waals surface area contributed by atoms with Crippen molar-refractivity contribution in [2.24, 2.45) is 12.8 Å². The summed E-state index contributed by atoms with van der Waals surface area (Å²) in [5, 5.41) is 14.1. The molecule has 1 fully saturated rings.